The molecule has 0 radical (unpaired) electrons. The minimum atomic E-state index is -0.249. The van der Waals surface area contributed by atoms with E-state index in [0.717, 1.165) is 18.9 Å². The molecule has 0 amide bonds. The lowest BCUT2D eigenvalue weighted by atomic mass is 10.3. The number of anilines is 1. The molecule has 82 valence electrons. The van der Waals surface area contributed by atoms with Crippen molar-refractivity contribution in [1.82, 2.24) is 9.97 Å². The van der Waals surface area contributed by atoms with Crippen molar-refractivity contribution in [3.63, 3.8) is 0 Å². The van der Waals surface area contributed by atoms with Gasteiger partial charge in [0.15, 0.2) is 5.82 Å². The lowest BCUT2D eigenvalue weighted by Gasteiger charge is -2.07. The van der Waals surface area contributed by atoms with E-state index in [0.29, 0.717) is 5.82 Å². The standard InChI is InChI=1S/C10H15N3O2/c1-15-8-9(12-6-13-10(8)14)11-5-4-7-2-3-7/h6-7H,2-5H2,1H3,(H2,11,12,13,14). The van der Waals surface area contributed by atoms with Crippen LogP contribution in [0.5, 0.6) is 5.75 Å². The molecule has 1 aromatic rings. The molecule has 1 aliphatic rings. The highest BCUT2D eigenvalue weighted by Crippen LogP contribution is 2.32. The number of H-pyrrole nitrogens is 1. The van der Waals surface area contributed by atoms with Gasteiger partial charge in [-0.3, -0.25) is 4.79 Å². The van der Waals surface area contributed by atoms with Crippen molar-refractivity contribution in [3.8, 4) is 5.75 Å². The van der Waals surface area contributed by atoms with Crippen LogP contribution in [-0.4, -0.2) is 23.6 Å². The molecular formula is C10H15N3O2. The summed E-state index contributed by atoms with van der Waals surface area (Å²) in [6, 6.07) is 0. The van der Waals surface area contributed by atoms with Gasteiger partial charge in [-0.2, -0.15) is 0 Å². The van der Waals surface area contributed by atoms with Crippen LogP contribution in [0.1, 0.15) is 19.3 Å². The van der Waals surface area contributed by atoms with Crippen LogP contribution in [-0.2, 0) is 0 Å². The van der Waals surface area contributed by atoms with Crippen molar-refractivity contribution in [1.29, 1.82) is 0 Å². The van der Waals surface area contributed by atoms with Gasteiger partial charge in [0.25, 0.3) is 5.56 Å². The van der Waals surface area contributed by atoms with E-state index in [1.165, 1.54) is 26.3 Å². The van der Waals surface area contributed by atoms with Gasteiger partial charge in [-0.25, -0.2) is 4.98 Å². The van der Waals surface area contributed by atoms with Crippen LogP contribution in [0.15, 0.2) is 11.1 Å². The van der Waals surface area contributed by atoms with E-state index in [9.17, 15) is 4.79 Å². The predicted molar refractivity (Wildman–Crippen MR) is 57.2 cm³/mol. The highest BCUT2D eigenvalue weighted by atomic mass is 16.5. The van der Waals surface area contributed by atoms with E-state index in [-0.39, 0.29) is 11.3 Å². The van der Waals surface area contributed by atoms with Crippen LogP contribution in [0.4, 0.5) is 5.82 Å². The molecule has 15 heavy (non-hydrogen) atoms. The molecule has 1 aromatic heterocycles. The predicted octanol–water partition coefficient (Wildman–Crippen LogP) is 0.990. The quantitative estimate of drug-likeness (QED) is 0.759. The number of hydrogen-bond donors (Lipinski definition) is 2. The topological polar surface area (TPSA) is 67.0 Å². The molecule has 1 saturated carbocycles. The van der Waals surface area contributed by atoms with E-state index >= 15 is 0 Å². The minimum Gasteiger partial charge on any atom is -0.489 e. The Labute approximate surface area is 87.9 Å². The maximum Gasteiger partial charge on any atom is 0.295 e. The summed E-state index contributed by atoms with van der Waals surface area (Å²) in [6.45, 7) is 0.845. The summed E-state index contributed by atoms with van der Waals surface area (Å²) < 4.78 is 4.98. The second-order valence-electron chi connectivity index (χ2n) is 3.77. The van der Waals surface area contributed by atoms with Crippen LogP contribution in [0.3, 0.4) is 0 Å². The van der Waals surface area contributed by atoms with Crippen LogP contribution >= 0.6 is 0 Å². The Morgan fingerprint density at radius 2 is 2.47 bits per heavy atom. The van der Waals surface area contributed by atoms with Crippen LogP contribution < -0.4 is 15.6 Å². The zero-order chi connectivity index (χ0) is 10.7. The molecule has 0 aromatic carbocycles. The molecule has 0 aliphatic heterocycles. The second kappa shape index (κ2) is 4.33. The molecule has 5 nitrogen and oxygen atoms in total. The highest BCUT2D eigenvalue weighted by molar-refractivity contribution is 5.47. The first-order chi connectivity index (χ1) is 7.31. The first-order valence-electron chi connectivity index (χ1n) is 5.17. The van der Waals surface area contributed by atoms with Gasteiger partial charge in [0.1, 0.15) is 0 Å². The van der Waals surface area contributed by atoms with E-state index < -0.39 is 0 Å². The van der Waals surface area contributed by atoms with E-state index in [1.807, 2.05) is 0 Å². The van der Waals surface area contributed by atoms with E-state index in [1.54, 1.807) is 0 Å². The van der Waals surface area contributed by atoms with Gasteiger partial charge in [0.05, 0.1) is 13.4 Å². The molecule has 1 aliphatic carbocycles. The number of aromatic amines is 1. The van der Waals surface area contributed by atoms with E-state index in [4.69, 9.17) is 4.74 Å². The number of rotatable bonds is 5. The van der Waals surface area contributed by atoms with Crippen LogP contribution in [0.2, 0.25) is 0 Å². The van der Waals surface area contributed by atoms with Gasteiger partial charge in [0.2, 0.25) is 5.75 Å². The summed E-state index contributed by atoms with van der Waals surface area (Å²) in [4.78, 5) is 17.8. The van der Waals surface area contributed by atoms with Gasteiger partial charge in [-0.15, -0.1) is 0 Å². The Bertz CT molecular complexity index is 384. The Kier molecular flexibility index (Phi) is 2.89. The van der Waals surface area contributed by atoms with Crippen molar-refractivity contribution >= 4 is 5.82 Å². The molecule has 0 spiro atoms. The maximum atomic E-state index is 11.3. The third-order valence-corrected chi connectivity index (χ3v) is 2.56. The average Bonchev–Trinajstić information content (AvgIpc) is 3.02. The zero-order valence-corrected chi connectivity index (χ0v) is 8.75. The molecular weight excluding hydrogens is 194 g/mol. The molecule has 0 atom stereocenters. The minimum absolute atomic E-state index is 0.249. The van der Waals surface area contributed by atoms with Gasteiger partial charge in [0, 0.05) is 6.54 Å². The summed E-state index contributed by atoms with van der Waals surface area (Å²) in [5.41, 5.74) is -0.249. The molecule has 5 heteroatoms. The first-order valence-corrected chi connectivity index (χ1v) is 5.17. The normalized spacial score (nSPS) is 15.0. The van der Waals surface area contributed by atoms with Crippen LogP contribution in [0, 0.1) is 5.92 Å². The van der Waals surface area contributed by atoms with Crippen LogP contribution in [0.25, 0.3) is 0 Å². The molecule has 2 rings (SSSR count). The van der Waals surface area contributed by atoms with E-state index in [2.05, 4.69) is 15.3 Å². The lowest BCUT2D eigenvalue weighted by molar-refractivity contribution is 0.408. The summed E-state index contributed by atoms with van der Waals surface area (Å²) in [7, 11) is 1.47. The number of hydrogen-bond acceptors (Lipinski definition) is 4. The Morgan fingerprint density at radius 3 is 3.13 bits per heavy atom. The first kappa shape index (κ1) is 10.0. The van der Waals surface area contributed by atoms with Gasteiger partial charge < -0.3 is 15.0 Å². The fourth-order valence-corrected chi connectivity index (χ4v) is 1.50. The molecule has 0 bridgehead atoms. The van der Waals surface area contributed by atoms with Crippen molar-refractivity contribution in [2.45, 2.75) is 19.3 Å². The summed E-state index contributed by atoms with van der Waals surface area (Å²) in [5.74, 6) is 1.65. The fraction of sp³-hybridized carbons (Fsp3) is 0.600. The third-order valence-electron chi connectivity index (χ3n) is 2.56. The van der Waals surface area contributed by atoms with Gasteiger partial charge in [-0.1, -0.05) is 12.8 Å². The Hall–Kier alpha value is -1.52. The molecule has 1 heterocycles. The fourth-order valence-electron chi connectivity index (χ4n) is 1.50. The summed E-state index contributed by atoms with van der Waals surface area (Å²) in [6.07, 6.45) is 5.19. The maximum absolute atomic E-state index is 11.3. The Balaban J connectivity index is 1.99. The highest BCUT2D eigenvalue weighted by Gasteiger charge is 2.20. The smallest absolute Gasteiger partial charge is 0.295 e. The Morgan fingerprint density at radius 1 is 1.67 bits per heavy atom. The lowest BCUT2D eigenvalue weighted by Crippen LogP contribution is -2.14. The summed E-state index contributed by atoms with van der Waals surface area (Å²) in [5, 5.41) is 3.12. The molecule has 0 saturated heterocycles. The van der Waals surface area contributed by atoms with Gasteiger partial charge in [-0.05, 0) is 12.3 Å². The third kappa shape index (κ3) is 2.49. The summed E-state index contributed by atoms with van der Waals surface area (Å²) >= 11 is 0. The number of nitrogens with one attached hydrogen (secondary N) is 2. The molecule has 0 unspecified atom stereocenters. The van der Waals surface area contributed by atoms with Crippen molar-refractivity contribution in [2.75, 3.05) is 19.0 Å². The number of ether oxygens (including phenoxy) is 1. The SMILES string of the molecule is COc1c(NCCC2CC2)nc[nH]c1=O. The second-order valence-corrected chi connectivity index (χ2v) is 3.77. The number of aromatic nitrogens is 2. The average molecular weight is 209 g/mol. The zero-order valence-electron chi connectivity index (χ0n) is 8.75. The van der Waals surface area contributed by atoms with Gasteiger partial charge >= 0.3 is 0 Å². The molecule has 1 fully saturated rings. The van der Waals surface area contributed by atoms with Crippen molar-refractivity contribution in [2.24, 2.45) is 5.92 Å². The monoisotopic (exact) mass is 209 g/mol. The number of nitrogens with zero attached hydrogens (tertiary/aromatic N) is 1. The van der Waals surface area contributed by atoms with Crippen molar-refractivity contribution < 1.29 is 4.74 Å². The van der Waals surface area contributed by atoms with Crippen molar-refractivity contribution in [3.05, 3.63) is 16.7 Å². The number of methoxy groups -OCH3 is 1. The molecule has 2 N–H and O–H groups in total. The largest absolute Gasteiger partial charge is 0.489 e.